The highest BCUT2D eigenvalue weighted by Gasteiger charge is 2.30. The van der Waals surface area contributed by atoms with Crippen LogP contribution in [0.15, 0.2) is 0 Å². The molecule has 3 unspecified atom stereocenters. The lowest BCUT2D eigenvalue weighted by atomic mass is 10.00. The summed E-state index contributed by atoms with van der Waals surface area (Å²) in [4.78, 5) is 72.1. The minimum absolute atomic E-state index is 0.105. The van der Waals surface area contributed by atoms with Gasteiger partial charge in [0.1, 0.15) is 19.3 Å². The van der Waals surface area contributed by atoms with E-state index in [4.69, 9.17) is 37.0 Å². The molecule has 0 heterocycles. The van der Waals surface area contributed by atoms with Crippen molar-refractivity contribution in [2.24, 2.45) is 11.8 Å². The van der Waals surface area contributed by atoms with E-state index >= 15 is 0 Å². The lowest BCUT2D eigenvalue weighted by Crippen LogP contribution is -2.30. The van der Waals surface area contributed by atoms with Gasteiger partial charge in [0.2, 0.25) is 0 Å². The predicted molar refractivity (Wildman–Crippen MR) is 326 cm³/mol. The Balaban J connectivity index is 5.23. The molecule has 0 saturated heterocycles. The summed E-state index contributed by atoms with van der Waals surface area (Å²) in [6, 6.07) is 0. The first-order chi connectivity index (χ1) is 39.4. The van der Waals surface area contributed by atoms with E-state index in [0.717, 1.165) is 115 Å². The Hall–Kier alpha value is -1.94. The first kappa shape index (κ1) is 80.1. The second-order valence-electron chi connectivity index (χ2n) is 23.5. The third-order valence-electron chi connectivity index (χ3n) is 14.8. The van der Waals surface area contributed by atoms with E-state index in [0.29, 0.717) is 25.7 Å². The molecule has 0 radical (unpaired) electrons. The third kappa shape index (κ3) is 55.9. The largest absolute Gasteiger partial charge is 0.472 e. The number of unbranched alkanes of at least 4 members (excludes halogenated alkanes) is 31. The summed E-state index contributed by atoms with van der Waals surface area (Å²) < 4.78 is 67.9. The van der Waals surface area contributed by atoms with E-state index < -0.39 is 97.5 Å². The predicted octanol–water partition coefficient (Wildman–Crippen LogP) is 17.3. The SMILES string of the molecule is CCCCCCCCCCCCC(=O)O[C@H](COC(=O)CCCCCCCCCC)COP(=O)(O)OC[C@H](O)COP(=O)(O)OC[C@@H](COC(=O)CCCCCCCCC(C)CC)OC(=O)CCCCCCCCCCCCCC(C)C. The van der Waals surface area contributed by atoms with Crippen LogP contribution in [-0.2, 0) is 65.4 Å². The van der Waals surface area contributed by atoms with Crippen LogP contribution in [0.5, 0.6) is 0 Å². The van der Waals surface area contributed by atoms with Gasteiger partial charge < -0.3 is 33.8 Å². The molecule has 0 amide bonds. The fourth-order valence-electron chi connectivity index (χ4n) is 9.32. The summed E-state index contributed by atoms with van der Waals surface area (Å²) in [6.45, 7) is 9.41. The molecule has 0 rings (SSSR count). The van der Waals surface area contributed by atoms with E-state index in [9.17, 15) is 43.2 Å². The molecule has 0 aliphatic heterocycles. The number of hydrogen-bond donors (Lipinski definition) is 3. The molecule has 0 spiro atoms. The van der Waals surface area contributed by atoms with Gasteiger partial charge in [-0.25, -0.2) is 9.13 Å². The number of aliphatic hydroxyl groups is 1. The molecule has 0 aromatic heterocycles. The smallest absolute Gasteiger partial charge is 0.462 e. The van der Waals surface area contributed by atoms with Crippen LogP contribution in [0.25, 0.3) is 0 Å². The van der Waals surface area contributed by atoms with Gasteiger partial charge in [0, 0.05) is 25.7 Å². The van der Waals surface area contributed by atoms with Gasteiger partial charge in [0.25, 0.3) is 0 Å². The maximum atomic E-state index is 13.0. The van der Waals surface area contributed by atoms with Crippen molar-refractivity contribution in [3.05, 3.63) is 0 Å². The van der Waals surface area contributed by atoms with Crippen molar-refractivity contribution in [2.45, 2.75) is 330 Å². The molecule has 486 valence electrons. The third-order valence-corrected chi connectivity index (χ3v) is 16.7. The van der Waals surface area contributed by atoms with E-state index in [-0.39, 0.29) is 25.7 Å². The zero-order valence-corrected chi connectivity index (χ0v) is 54.6. The van der Waals surface area contributed by atoms with Crippen molar-refractivity contribution >= 4 is 39.5 Å². The van der Waals surface area contributed by atoms with Gasteiger partial charge in [-0.05, 0) is 37.5 Å². The molecule has 0 aromatic carbocycles. The zero-order valence-electron chi connectivity index (χ0n) is 52.8. The normalized spacial score (nSPS) is 14.7. The number of carbonyl (C=O) groups is 4. The minimum atomic E-state index is -4.94. The summed E-state index contributed by atoms with van der Waals surface area (Å²) in [5.74, 6) is -0.642. The first-order valence-electron chi connectivity index (χ1n) is 33.0. The maximum Gasteiger partial charge on any atom is 0.472 e. The number of hydrogen-bond acceptors (Lipinski definition) is 15. The molecule has 0 bridgehead atoms. The Morgan fingerprint density at radius 3 is 0.927 bits per heavy atom. The minimum Gasteiger partial charge on any atom is -0.462 e. The molecule has 0 saturated carbocycles. The zero-order chi connectivity index (χ0) is 60.8. The van der Waals surface area contributed by atoms with Crippen LogP contribution in [0.4, 0.5) is 0 Å². The van der Waals surface area contributed by atoms with E-state index in [1.807, 2.05) is 0 Å². The summed E-state index contributed by atoms with van der Waals surface area (Å²) >= 11 is 0. The monoisotopic (exact) mass is 1210 g/mol. The number of phosphoric acid groups is 2. The Morgan fingerprint density at radius 1 is 0.354 bits per heavy atom. The van der Waals surface area contributed by atoms with Crippen molar-refractivity contribution in [1.29, 1.82) is 0 Å². The molecule has 6 atom stereocenters. The van der Waals surface area contributed by atoms with E-state index in [2.05, 4.69) is 41.5 Å². The van der Waals surface area contributed by atoms with Crippen molar-refractivity contribution in [3.8, 4) is 0 Å². The Bertz CT molecular complexity index is 1620. The van der Waals surface area contributed by atoms with Crippen LogP contribution in [0.3, 0.4) is 0 Å². The second kappa shape index (κ2) is 55.6. The number of ether oxygens (including phenoxy) is 4. The standard InChI is InChI=1S/C63H122O17P2/c1-7-10-12-14-16-18-23-27-35-41-47-62(67)79-58(51-73-60(65)45-39-33-26-17-15-13-11-8-2)53-77-81(69,70)75-49-57(64)50-76-82(71,72)78-54-59(52-74-61(66)46-40-34-30-29-32-38-44-56(6)9-3)80-63(68)48-42-36-28-24-21-19-20-22-25-31-37-43-55(4)5/h55-59,64H,7-54H2,1-6H3,(H,69,70)(H,71,72)/t56?,57-,58+,59+/m0/s1. The summed E-state index contributed by atoms with van der Waals surface area (Å²) in [5.41, 5.74) is 0. The van der Waals surface area contributed by atoms with E-state index in [1.165, 1.54) is 116 Å². The Labute approximate surface area is 498 Å². The summed E-state index contributed by atoms with van der Waals surface area (Å²) in [5, 5.41) is 10.5. The maximum absolute atomic E-state index is 13.0. The van der Waals surface area contributed by atoms with Crippen molar-refractivity contribution in [3.63, 3.8) is 0 Å². The molecular formula is C63H122O17P2. The van der Waals surface area contributed by atoms with Gasteiger partial charge in [-0.1, -0.05) is 260 Å². The van der Waals surface area contributed by atoms with Crippen molar-refractivity contribution < 1.29 is 80.2 Å². The van der Waals surface area contributed by atoms with Gasteiger partial charge in [0.05, 0.1) is 26.4 Å². The lowest BCUT2D eigenvalue weighted by molar-refractivity contribution is -0.161. The number of aliphatic hydroxyl groups excluding tert-OH is 1. The Kier molecular flexibility index (Phi) is 54.3. The molecule has 0 fully saturated rings. The molecule has 0 aromatic rings. The first-order valence-corrected chi connectivity index (χ1v) is 36.0. The van der Waals surface area contributed by atoms with Crippen LogP contribution in [-0.4, -0.2) is 96.7 Å². The highest BCUT2D eigenvalue weighted by Crippen LogP contribution is 2.45. The second-order valence-corrected chi connectivity index (χ2v) is 26.4. The number of esters is 4. The van der Waals surface area contributed by atoms with Crippen LogP contribution in [0.2, 0.25) is 0 Å². The molecular weight excluding hydrogens is 1090 g/mol. The molecule has 17 nitrogen and oxygen atoms in total. The highest BCUT2D eigenvalue weighted by molar-refractivity contribution is 7.47. The lowest BCUT2D eigenvalue weighted by Gasteiger charge is -2.21. The van der Waals surface area contributed by atoms with Gasteiger partial charge in [-0.2, -0.15) is 0 Å². The Morgan fingerprint density at radius 2 is 0.622 bits per heavy atom. The number of phosphoric ester groups is 2. The van der Waals surface area contributed by atoms with E-state index in [1.54, 1.807) is 0 Å². The van der Waals surface area contributed by atoms with Crippen molar-refractivity contribution in [2.75, 3.05) is 39.6 Å². The molecule has 3 N–H and O–H groups in total. The fraction of sp³-hybridized carbons (Fsp3) is 0.937. The van der Waals surface area contributed by atoms with Crippen LogP contribution in [0.1, 0.15) is 311 Å². The molecule has 0 aliphatic carbocycles. The summed E-state index contributed by atoms with van der Waals surface area (Å²) in [6.07, 6.45) is 37.6. The fourth-order valence-corrected chi connectivity index (χ4v) is 10.9. The van der Waals surface area contributed by atoms with Crippen LogP contribution < -0.4 is 0 Å². The average molecular weight is 1210 g/mol. The van der Waals surface area contributed by atoms with Gasteiger partial charge in [-0.3, -0.25) is 37.3 Å². The van der Waals surface area contributed by atoms with Crippen molar-refractivity contribution in [1.82, 2.24) is 0 Å². The number of carbonyl (C=O) groups excluding carboxylic acids is 4. The highest BCUT2D eigenvalue weighted by atomic mass is 31.2. The van der Waals surface area contributed by atoms with Gasteiger partial charge >= 0.3 is 39.5 Å². The average Bonchev–Trinajstić information content (AvgIpc) is 3.44. The number of rotatable bonds is 62. The quantitative estimate of drug-likeness (QED) is 0.0222. The van der Waals surface area contributed by atoms with Gasteiger partial charge in [0.15, 0.2) is 12.2 Å². The molecule has 82 heavy (non-hydrogen) atoms. The topological polar surface area (TPSA) is 237 Å². The van der Waals surface area contributed by atoms with Crippen LogP contribution >= 0.6 is 15.6 Å². The molecule has 0 aliphatic rings. The van der Waals surface area contributed by atoms with Gasteiger partial charge in [-0.15, -0.1) is 0 Å². The summed E-state index contributed by atoms with van der Waals surface area (Å²) in [7, 11) is -9.88. The van der Waals surface area contributed by atoms with Crippen LogP contribution in [0, 0.1) is 11.8 Å². The molecule has 19 heteroatoms.